The van der Waals surface area contributed by atoms with Gasteiger partial charge in [0.05, 0.1) is 5.75 Å². The van der Waals surface area contributed by atoms with Crippen molar-refractivity contribution >= 4 is 18.0 Å². The topological polar surface area (TPSA) is 60.9 Å². The molecule has 0 radical (unpaired) electrons. The number of hydrogen-bond donors (Lipinski definition) is 0. The van der Waals surface area contributed by atoms with E-state index >= 15 is 0 Å². The first-order chi connectivity index (χ1) is 7.70. The van der Waals surface area contributed by atoms with Crippen LogP contribution in [-0.2, 0) is 12.8 Å². The van der Waals surface area contributed by atoms with Crippen molar-refractivity contribution in [3.05, 3.63) is 29.5 Å². The van der Waals surface area contributed by atoms with Crippen LogP contribution in [0.1, 0.15) is 22.1 Å². The van der Waals surface area contributed by atoms with Gasteiger partial charge in [-0.1, -0.05) is 11.8 Å². The van der Waals surface area contributed by atoms with Gasteiger partial charge in [-0.3, -0.25) is 4.79 Å². The third-order valence-corrected chi connectivity index (χ3v) is 3.24. The molecule has 0 atom stereocenters. The maximum absolute atomic E-state index is 10.4. The molecular weight excluding hydrogens is 226 g/mol. The van der Waals surface area contributed by atoms with Crippen molar-refractivity contribution in [3.63, 3.8) is 0 Å². The Hall–Kier alpha value is -1.56. The predicted molar refractivity (Wildman–Crippen MR) is 59.4 cm³/mol. The molecule has 2 aromatic rings. The summed E-state index contributed by atoms with van der Waals surface area (Å²) in [6.45, 7) is 1.90. The molecule has 16 heavy (non-hydrogen) atoms. The molecule has 2 aromatic heterocycles. The molecule has 0 unspecified atom stereocenters. The average Bonchev–Trinajstić information content (AvgIpc) is 2.86. The molecule has 0 spiro atoms. The van der Waals surface area contributed by atoms with Crippen molar-refractivity contribution < 1.29 is 9.21 Å². The standard InChI is InChI=1S/C10H11N3O2S/c1-7-11-12-10(13(7)2)16-6-9-4-3-8(5-14)15-9/h3-5H,6H2,1-2H3. The second-order valence-electron chi connectivity index (χ2n) is 3.30. The Morgan fingerprint density at radius 1 is 1.50 bits per heavy atom. The van der Waals surface area contributed by atoms with Gasteiger partial charge in [0.15, 0.2) is 17.2 Å². The number of nitrogens with zero attached hydrogens (tertiary/aromatic N) is 3. The number of rotatable bonds is 4. The molecule has 2 rings (SSSR count). The number of aldehydes is 1. The number of furan rings is 1. The zero-order valence-electron chi connectivity index (χ0n) is 9.01. The van der Waals surface area contributed by atoms with Gasteiger partial charge in [-0.25, -0.2) is 0 Å². The molecule has 0 fully saturated rings. The van der Waals surface area contributed by atoms with E-state index in [0.29, 0.717) is 17.8 Å². The molecule has 0 N–H and O–H groups in total. The third kappa shape index (κ3) is 2.16. The van der Waals surface area contributed by atoms with Gasteiger partial charge in [-0.05, 0) is 19.1 Å². The minimum Gasteiger partial charge on any atom is -0.457 e. The van der Waals surface area contributed by atoms with Crippen LogP contribution in [0.15, 0.2) is 21.7 Å². The molecule has 0 amide bonds. The van der Waals surface area contributed by atoms with Crippen LogP contribution in [0, 0.1) is 6.92 Å². The fourth-order valence-corrected chi connectivity index (χ4v) is 2.04. The van der Waals surface area contributed by atoms with E-state index in [4.69, 9.17) is 4.42 Å². The van der Waals surface area contributed by atoms with Crippen molar-refractivity contribution in [2.45, 2.75) is 17.8 Å². The summed E-state index contributed by atoms with van der Waals surface area (Å²) in [6.07, 6.45) is 0.695. The molecule has 0 saturated carbocycles. The Labute approximate surface area is 96.9 Å². The van der Waals surface area contributed by atoms with Crippen molar-refractivity contribution in [1.82, 2.24) is 14.8 Å². The highest BCUT2D eigenvalue weighted by Gasteiger charge is 2.07. The lowest BCUT2D eigenvalue weighted by atomic mass is 10.4. The summed E-state index contributed by atoms with van der Waals surface area (Å²) < 4.78 is 7.17. The number of carbonyl (C=O) groups excluding carboxylic acids is 1. The fourth-order valence-electron chi connectivity index (χ4n) is 1.18. The van der Waals surface area contributed by atoms with Crippen LogP contribution in [0.5, 0.6) is 0 Å². The highest BCUT2D eigenvalue weighted by Crippen LogP contribution is 2.21. The van der Waals surface area contributed by atoms with Crippen LogP contribution in [-0.4, -0.2) is 21.1 Å². The summed E-state index contributed by atoms with van der Waals surface area (Å²) in [5.41, 5.74) is 0. The first kappa shape index (κ1) is 10.9. The summed E-state index contributed by atoms with van der Waals surface area (Å²) in [5.74, 6) is 2.62. The van der Waals surface area contributed by atoms with Gasteiger partial charge in [0.2, 0.25) is 0 Å². The fraction of sp³-hybridized carbons (Fsp3) is 0.300. The number of carbonyl (C=O) groups is 1. The first-order valence-corrected chi connectivity index (χ1v) is 5.72. The van der Waals surface area contributed by atoms with Gasteiger partial charge in [0.1, 0.15) is 11.6 Å². The number of hydrogen-bond acceptors (Lipinski definition) is 5. The smallest absolute Gasteiger partial charge is 0.191 e. The molecule has 5 nitrogen and oxygen atoms in total. The SMILES string of the molecule is Cc1nnc(SCc2ccc(C=O)o2)n1C. The average molecular weight is 237 g/mol. The predicted octanol–water partition coefficient (Wildman–Crippen LogP) is 1.82. The minimum atomic E-state index is 0.352. The molecule has 0 bridgehead atoms. The summed E-state index contributed by atoms with van der Waals surface area (Å²) in [7, 11) is 1.91. The molecule has 6 heteroatoms. The van der Waals surface area contributed by atoms with Gasteiger partial charge in [-0.2, -0.15) is 0 Å². The van der Waals surface area contributed by atoms with E-state index < -0.39 is 0 Å². The largest absolute Gasteiger partial charge is 0.457 e. The van der Waals surface area contributed by atoms with Crippen molar-refractivity contribution in [2.24, 2.45) is 7.05 Å². The van der Waals surface area contributed by atoms with Crippen LogP contribution in [0.3, 0.4) is 0 Å². The quantitative estimate of drug-likeness (QED) is 0.599. The monoisotopic (exact) mass is 237 g/mol. The Kier molecular flexibility index (Phi) is 3.09. The summed E-state index contributed by atoms with van der Waals surface area (Å²) >= 11 is 1.52. The molecule has 84 valence electrons. The van der Waals surface area contributed by atoms with E-state index in [0.717, 1.165) is 16.7 Å². The lowest BCUT2D eigenvalue weighted by Gasteiger charge is -1.99. The van der Waals surface area contributed by atoms with E-state index in [1.165, 1.54) is 11.8 Å². The molecule has 2 heterocycles. The van der Waals surface area contributed by atoms with E-state index in [2.05, 4.69) is 10.2 Å². The van der Waals surface area contributed by atoms with E-state index in [-0.39, 0.29) is 0 Å². The summed E-state index contributed by atoms with van der Waals surface area (Å²) in [4.78, 5) is 10.4. The van der Waals surface area contributed by atoms with E-state index in [1.54, 1.807) is 12.1 Å². The zero-order valence-corrected chi connectivity index (χ0v) is 9.82. The Morgan fingerprint density at radius 2 is 2.31 bits per heavy atom. The van der Waals surface area contributed by atoms with Crippen molar-refractivity contribution in [3.8, 4) is 0 Å². The molecular formula is C10H11N3O2S. The highest BCUT2D eigenvalue weighted by molar-refractivity contribution is 7.98. The van der Waals surface area contributed by atoms with Crippen LogP contribution in [0.2, 0.25) is 0 Å². The maximum atomic E-state index is 10.4. The Bertz CT molecular complexity index is 504. The Morgan fingerprint density at radius 3 is 2.88 bits per heavy atom. The Balaban J connectivity index is 2.02. The second kappa shape index (κ2) is 4.52. The summed E-state index contributed by atoms with van der Waals surface area (Å²) in [6, 6.07) is 3.45. The van der Waals surface area contributed by atoms with Crippen LogP contribution < -0.4 is 0 Å². The second-order valence-corrected chi connectivity index (χ2v) is 4.24. The zero-order chi connectivity index (χ0) is 11.5. The van der Waals surface area contributed by atoms with Crippen molar-refractivity contribution in [2.75, 3.05) is 0 Å². The lowest BCUT2D eigenvalue weighted by Crippen LogP contribution is -1.93. The minimum absolute atomic E-state index is 0.352. The van der Waals surface area contributed by atoms with Crippen LogP contribution >= 0.6 is 11.8 Å². The first-order valence-electron chi connectivity index (χ1n) is 4.73. The van der Waals surface area contributed by atoms with Gasteiger partial charge in [-0.15, -0.1) is 10.2 Å². The van der Waals surface area contributed by atoms with Gasteiger partial charge in [0, 0.05) is 7.05 Å². The lowest BCUT2D eigenvalue weighted by molar-refractivity contribution is 0.109. The molecule has 0 saturated heterocycles. The molecule has 0 aromatic carbocycles. The van der Waals surface area contributed by atoms with Gasteiger partial charge in [0.25, 0.3) is 0 Å². The number of thioether (sulfide) groups is 1. The van der Waals surface area contributed by atoms with Gasteiger partial charge >= 0.3 is 0 Å². The third-order valence-electron chi connectivity index (χ3n) is 2.19. The van der Waals surface area contributed by atoms with E-state index in [9.17, 15) is 4.79 Å². The van der Waals surface area contributed by atoms with Crippen LogP contribution in [0.25, 0.3) is 0 Å². The molecule has 0 aliphatic rings. The highest BCUT2D eigenvalue weighted by atomic mass is 32.2. The molecule has 0 aliphatic carbocycles. The van der Waals surface area contributed by atoms with E-state index in [1.807, 2.05) is 18.5 Å². The maximum Gasteiger partial charge on any atom is 0.191 e. The number of aromatic nitrogens is 3. The summed E-state index contributed by atoms with van der Waals surface area (Å²) in [5, 5.41) is 8.81. The van der Waals surface area contributed by atoms with Crippen molar-refractivity contribution in [1.29, 1.82) is 0 Å². The van der Waals surface area contributed by atoms with Gasteiger partial charge < -0.3 is 8.98 Å². The number of aryl methyl sites for hydroxylation is 1. The normalized spacial score (nSPS) is 10.6. The molecule has 0 aliphatic heterocycles. The van der Waals surface area contributed by atoms with Crippen LogP contribution in [0.4, 0.5) is 0 Å².